The van der Waals surface area contributed by atoms with E-state index < -0.39 is 0 Å². The summed E-state index contributed by atoms with van der Waals surface area (Å²) in [5, 5.41) is 0. The number of nitrogens with two attached hydrogens (primary N) is 1. The zero-order valence-electron chi connectivity index (χ0n) is 11.0. The predicted octanol–water partition coefficient (Wildman–Crippen LogP) is 0.897. The molecule has 4 nitrogen and oxygen atoms in total. The number of benzene rings is 1. The molecule has 1 aromatic rings. The lowest BCUT2D eigenvalue weighted by molar-refractivity contribution is -0.00547. The van der Waals surface area contributed by atoms with Gasteiger partial charge < -0.3 is 15.2 Å². The van der Waals surface area contributed by atoms with Gasteiger partial charge in [0.25, 0.3) is 0 Å². The van der Waals surface area contributed by atoms with Gasteiger partial charge in [0.1, 0.15) is 5.75 Å². The fourth-order valence-electron chi connectivity index (χ4n) is 2.41. The maximum atomic E-state index is 5.66. The van der Waals surface area contributed by atoms with Crippen LogP contribution in [0.25, 0.3) is 0 Å². The van der Waals surface area contributed by atoms with Crippen LogP contribution in [-0.2, 0) is 11.2 Å². The van der Waals surface area contributed by atoms with Crippen molar-refractivity contribution in [2.24, 2.45) is 5.73 Å². The van der Waals surface area contributed by atoms with Crippen LogP contribution in [0, 0.1) is 0 Å². The van der Waals surface area contributed by atoms with Crippen LogP contribution in [-0.4, -0.2) is 50.9 Å². The Morgan fingerprint density at radius 3 is 3.17 bits per heavy atom. The van der Waals surface area contributed by atoms with Gasteiger partial charge in [0.15, 0.2) is 0 Å². The molecule has 0 amide bonds. The highest BCUT2D eigenvalue weighted by Crippen LogP contribution is 2.17. The van der Waals surface area contributed by atoms with E-state index in [1.54, 1.807) is 7.11 Å². The monoisotopic (exact) mass is 250 g/mol. The molecule has 4 heteroatoms. The van der Waals surface area contributed by atoms with Gasteiger partial charge >= 0.3 is 0 Å². The van der Waals surface area contributed by atoms with Crippen molar-refractivity contribution >= 4 is 0 Å². The van der Waals surface area contributed by atoms with Crippen molar-refractivity contribution in [2.45, 2.75) is 12.5 Å². The van der Waals surface area contributed by atoms with Gasteiger partial charge in [-0.2, -0.15) is 0 Å². The maximum Gasteiger partial charge on any atom is 0.119 e. The molecule has 0 bridgehead atoms. The molecule has 1 atom stereocenters. The van der Waals surface area contributed by atoms with E-state index in [2.05, 4.69) is 17.0 Å². The molecule has 0 radical (unpaired) electrons. The first-order valence-electron chi connectivity index (χ1n) is 6.48. The number of morpholine rings is 1. The minimum absolute atomic E-state index is 0.425. The number of hydrogen-bond acceptors (Lipinski definition) is 4. The highest BCUT2D eigenvalue weighted by Gasteiger charge is 2.22. The van der Waals surface area contributed by atoms with Crippen LogP contribution < -0.4 is 10.5 Å². The number of rotatable bonds is 5. The van der Waals surface area contributed by atoms with Gasteiger partial charge in [0.05, 0.1) is 20.3 Å². The predicted molar refractivity (Wildman–Crippen MR) is 71.9 cm³/mol. The summed E-state index contributed by atoms with van der Waals surface area (Å²) in [5.74, 6) is 0.912. The Kier molecular flexibility index (Phi) is 4.99. The summed E-state index contributed by atoms with van der Waals surface area (Å²) in [6.45, 7) is 4.23. The van der Waals surface area contributed by atoms with E-state index in [4.69, 9.17) is 15.2 Å². The molecule has 0 aliphatic carbocycles. The molecule has 18 heavy (non-hydrogen) atoms. The summed E-state index contributed by atoms with van der Waals surface area (Å²) in [4.78, 5) is 2.42. The average Bonchev–Trinajstić information content (AvgIpc) is 2.41. The highest BCUT2D eigenvalue weighted by molar-refractivity contribution is 5.29. The van der Waals surface area contributed by atoms with E-state index in [0.717, 1.165) is 38.5 Å². The molecule has 1 aliphatic heterocycles. The van der Waals surface area contributed by atoms with Crippen molar-refractivity contribution < 1.29 is 9.47 Å². The van der Waals surface area contributed by atoms with Gasteiger partial charge in [-0.05, 0) is 24.1 Å². The topological polar surface area (TPSA) is 47.7 Å². The molecular weight excluding hydrogens is 228 g/mol. The summed E-state index contributed by atoms with van der Waals surface area (Å²) < 4.78 is 10.8. The van der Waals surface area contributed by atoms with Crippen LogP contribution in [0.5, 0.6) is 5.75 Å². The first kappa shape index (κ1) is 13.3. The lowest BCUT2D eigenvalue weighted by atomic mass is 10.0. The molecule has 0 spiro atoms. The van der Waals surface area contributed by atoms with Crippen molar-refractivity contribution in [3.05, 3.63) is 29.8 Å². The van der Waals surface area contributed by atoms with Crippen molar-refractivity contribution in [1.29, 1.82) is 0 Å². The third-order valence-electron chi connectivity index (χ3n) is 3.37. The van der Waals surface area contributed by atoms with Gasteiger partial charge in [-0.15, -0.1) is 0 Å². The van der Waals surface area contributed by atoms with Gasteiger partial charge in [-0.1, -0.05) is 12.1 Å². The van der Waals surface area contributed by atoms with Crippen LogP contribution in [0.3, 0.4) is 0 Å². The summed E-state index contributed by atoms with van der Waals surface area (Å²) >= 11 is 0. The van der Waals surface area contributed by atoms with Crippen molar-refractivity contribution in [3.8, 4) is 5.75 Å². The fourth-order valence-corrected chi connectivity index (χ4v) is 2.41. The van der Waals surface area contributed by atoms with E-state index in [0.29, 0.717) is 12.6 Å². The summed E-state index contributed by atoms with van der Waals surface area (Å²) in [7, 11) is 1.70. The zero-order valence-corrected chi connectivity index (χ0v) is 11.0. The highest BCUT2D eigenvalue weighted by atomic mass is 16.5. The van der Waals surface area contributed by atoms with Crippen LogP contribution in [0.15, 0.2) is 24.3 Å². The van der Waals surface area contributed by atoms with Crippen molar-refractivity contribution in [3.63, 3.8) is 0 Å². The van der Waals surface area contributed by atoms with Crippen LogP contribution >= 0.6 is 0 Å². The molecule has 1 saturated heterocycles. The Bertz CT molecular complexity index is 369. The molecule has 2 N–H and O–H groups in total. The smallest absolute Gasteiger partial charge is 0.119 e. The number of nitrogens with zero attached hydrogens (tertiary/aromatic N) is 1. The third kappa shape index (κ3) is 3.45. The lowest BCUT2D eigenvalue weighted by Crippen LogP contribution is -2.48. The number of ether oxygens (including phenoxy) is 2. The second-order valence-electron chi connectivity index (χ2n) is 4.61. The Morgan fingerprint density at radius 2 is 2.39 bits per heavy atom. The fraction of sp³-hybridized carbons (Fsp3) is 0.571. The van der Waals surface area contributed by atoms with Crippen molar-refractivity contribution in [2.75, 3.05) is 40.0 Å². The Morgan fingerprint density at radius 1 is 1.50 bits per heavy atom. The number of hydrogen-bond donors (Lipinski definition) is 1. The molecule has 1 fully saturated rings. The summed E-state index contributed by atoms with van der Waals surface area (Å²) in [5.41, 5.74) is 6.94. The largest absolute Gasteiger partial charge is 0.497 e. The summed E-state index contributed by atoms with van der Waals surface area (Å²) in [6, 6.07) is 8.66. The first-order valence-corrected chi connectivity index (χ1v) is 6.48. The maximum absolute atomic E-state index is 5.66. The lowest BCUT2D eigenvalue weighted by Gasteiger charge is -2.35. The van der Waals surface area contributed by atoms with Gasteiger partial charge in [-0.3, -0.25) is 4.90 Å². The van der Waals surface area contributed by atoms with Gasteiger partial charge in [0, 0.05) is 25.7 Å². The molecule has 100 valence electrons. The minimum Gasteiger partial charge on any atom is -0.497 e. The van der Waals surface area contributed by atoms with Crippen LogP contribution in [0.2, 0.25) is 0 Å². The molecule has 1 heterocycles. The second-order valence-corrected chi connectivity index (χ2v) is 4.61. The van der Waals surface area contributed by atoms with Gasteiger partial charge in [-0.25, -0.2) is 0 Å². The quantitative estimate of drug-likeness (QED) is 0.843. The second kappa shape index (κ2) is 6.73. The summed E-state index contributed by atoms with van der Waals surface area (Å²) in [6.07, 6.45) is 0.983. The van der Waals surface area contributed by atoms with E-state index in [9.17, 15) is 0 Å². The van der Waals surface area contributed by atoms with Crippen LogP contribution in [0.4, 0.5) is 0 Å². The number of methoxy groups -OCH3 is 1. The average molecular weight is 250 g/mol. The molecule has 1 aliphatic rings. The Hall–Kier alpha value is -1.10. The Balaban J connectivity index is 2.01. The van der Waals surface area contributed by atoms with E-state index in [-0.39, 0.29) is 0 Å². The van der Waals surface area contributed by atoms with Crippen LogP contribution in [0.1, 0.15) is 5.56 Å². The molecule has 0 saturated carbocycles. The zero-order chi connectivity index (χ0) is 12.8. The molecule has 1 unspecified atom stereocenters. The van der Waals surface area contributed by atoms with E-state index in [1.165, 1.54) is 5.56 Å². The normalized spacial score (nSPS) is 20.9. The van der Waals surface area contributed by atoms with E-state index in [1.807, 2.05) is 12.1 Å². The molecule has 0 aromatic heterocycles. The van der Waals surface area contributed by atoms with Crippen molar-refractivity contribution in [1.82, 2.24) is 4.90 Å². The molecule has 2 rings (SSSR count). The first-order chi connectivity index (χ1) is 8.83. The van der Waals surface area contributed by atoms with Gasteiger partial charge in [0.2, 0.25) is 0 Å². The molecular formula is C14H22N2O2. The third-order valence-corrected chi connectivity index (χ3v) is 3.37. The Labute approximate surface area is 109 Å². The SMILES string of the molecule is COc1cccc(CC2COCCN2CCN)c1. The standard InChI is InChI=1S/C14H22N2O2/c1-17-14-4-2-3-12(10-14)9-13-11-18-8-7-16(13)6-5-15/h2-4,10,13H,5-9,11,15H2,1H3. The minimum atomic E-state index is 0.425. The molecule has 1 aromatic carbocycles. The van der Waals surface area contributed by atoms with E-state index >= 15 is 0 Å².